The molecule has 2 N–H and O–H groups in total. The van der Waals surface area contributed by atoms with Crippen molar-refractivity contribution in [2.45, 2.75) is 44.3 Å². The highest BCUT2D eigenvalue weighted by Crippen LogP contribution is 2.55. The van der Waals surface area contributed by atoms with E-state index in [0.29, 0.717) is 13.0 Å². The molecule has 4 atom stereocenters. The molecule has 0 radical (unpaired) electrons. The van der Waals surface area contributed by atoms with Gasteiger partial charge in [-0.2, -0.15) is 26.3 Å². The Labute approximate surface area is 200 Å². The normalized spacial score (nSPS) is 24.0. The maximum Gasteiger partial charge on any atom is 0.417 e. The Bertz CT molecular complexity index is 1160. The second kappa shape index (κ2) is 9.91. The Hall–Kier alpha value is -3.42. The van der Waals surface area contributed by atoms with Crippen molar-refractivity contribution in [2.24, 2.45) is 5.92 Å². The average molecular weight is 523 g/mol. The van der Waals surface area contributed by atoms with Crippen molar-refractivity contribution < 1.29 is 49.8 Å². The van der Waals surface area contributed by atoms with E-state index in [1.165, 1.54) is 13.1 Å². The van der Waals surface area contributed by atoms with Crippen LogP contribution in [0.15, 0.2) is 30.5 Å². The molecule has 2 heterocycles. The van der Waals surface area contributed by atoms with Gasteiger partial charge in [0.15, 0.2) is 17.2 Å². The molecule has 36 heavy (non-hydrogen) atoms. The lowest BCUT2D eigenvalue weighted by atomic mass is 9.77. The lowest BCUT2D eigenvalue weighted by Gasteiger charge is -2.32. The molecule has 2 amide bonds. The highest BCUT2D eigenvalue weighted by atomic mass is 19.4. The average Bonchev–Trinajstić information content (AvgIpc) is 3.08. The van der Waals surface area contributed by atoms with Crippen molar-refractivity contribution in [3.05, 3.63) is 53.4 Å². The number of amides is 2. The highest BCUT2D eigenvalue weighted by Gasteiger charge is 2.66. The number of ether oxygens (including phenoxy) is 2. The van der Waals surface area contributed by atoms with Gasteiger partial charge >= 0.3 is 12.8 Å². The number of nitrogens with zero attached hydrogens (tertiary/aromatic N) is 1. The van der Waals surface area contributed by atoms with Crippen LogP contribution >= 0.6 is 0 Å². The molecule has 14 heteroatoms. The molecule has 1 aromatic heterocycles. The highest BCUT2D eigenvalue weighted by molar-refractivity contribution is 5.97. The molecule has 1 aromatic carbocycles. The van der Waals surface area contributed by atoms with Crippen LogP contribution in [0.25, 0.3) is 0 Å². The van der Waals surface area contributed by atoms with Gasteiger partial charge in [-0.05, 0) is 25.1 Å². The van der Waals surface area contributed by atoms with Gasteiger partial charge in [0.05, 0.1) is 0 Å². The smallest absolute Gasteiger partial charge is 0.417 e. The molecule has 7 nitrogen and oxygen atoms in total. The summed E-state index contributed by atoms with van der Waals surface area (Å²) in [4.78, 5) is 28.7. The summed E-state index contributed by atoms with van der Waals surface area (Å²) in [6, 6.07) is 3.66. The number of halogens is 7. The molecule has 1 saturated heterocycles. The van der Waals surface area contributed by atoms with Gasteiger partial charge in [0, 0.05) is 36.3 Å². The first-order valence-corrected chi connectivity index (χ1v) is 10.4. The fraction of sp³-hybridized carbons (Fsp3) is 0.409. The number of carbonyl (C=O) groups excluding carboxylic acids is 2. The maximum absolute atomic E-state index is 14.4. The van der Waals surface area contributed by atoms with Crippen LogP contribution in [0.3, 0.4) is 0 Å². The minimum atomic E-state index is -5.04. The van der Waals surface area contributed by atoms with Crippen LogP contribution < -0.4 is 15.4 Å². The van der Waals surface area contributed by atoms with Gasteiger partial charge in [0.25, 0.3) is 11.8 Å². The van der Waals surface area contributed by atoms with E-state index >= 15 is 0 Å². The zero-order valence-corrected chi connectivity index (χ0v) is 18.9. The standard InChI is InChI=1S/C22H20F7N3O4/c1-9-14(11-4-5-12(23)15(24)16(11)35-20(25)26)17(36-21(9,2)22(27,28)29)19(34)32-10-6-7-31-13(8-10)18(33)30-3/h4-9,14,17,20H,1-3H3,(H,30,33)(H,31,32,34)/t9-,14+,17-,21-/m1/s1. The van der Waals surface area contributed by atoms with Gasteiger partial charge in [-0.15, -0.1) is 0 Å². The molecule has 1 aliphatic rings. The van der Waals surface area contributed by atoms with E-state index in [1.807, 2.05) is 0 Å². The van der Waals surface area contributed by atoms with Gasteiger partial charge in [0.2, 0.25) is 5.82 Å². The molecule has 1 aliphatic heterocycles. The first-order chi connectivity index (χ1) is 16.7. The van der Waals surface area contributed by atoms with Crippen LogP contribution in [0.5, 0.6) is 5.75 Å². The third-order valence-electron chi connectivity index (χ3n) is 6.06. The van der Waals surface area contributed by atoms with Gasteiger partial charge in [-0.1, -0.05) is 13.0 Å². The minimum Gasteiger partial charge on any atom is -0.431 e. The van der Waals surface area contributed by atoms with Crippen molar-refractivity contribution in [2.75, 3.05) is 12.4 Å². The number of pyridine rings is 1. The zero-order chi connectivity index (χ0) is 27.0. The molecule has 196 valence electrons. The fourth-order valence-electron chi connectivity index (χ4n) is 4.02. The Balaban J connectivity index is 2.09. The molecule has 0 bridgehead atoms. The summed E-state index contributed by atoms with van der Waals surface area (Å²) < 4.78 is 105. The van der Waals surface area contributed by atoms with Gasteiger partial charge in [-0.25, -0.2) is 4.39 Å². The first kappa shape index (κ1) is 27.2. The third-order valence-corrected chi connectivity index (χ3v) is 6.06. The molecular weight excluding hydrogens is 503 g/mol. The van der Waals surface area contributed by atoms with Gasteiger partial charge in [-0.3, -0.25) is 14.6 Å². The molecule has 0 saturated carbocycles. The predicted molar refractivity (Wildman–Crippen MR) is 110 cm³/mol. The van der Waals surface area contributed by atoms with Gasteiger partial charge in [0.1, 0.15) is 11.8 Å². The Morgan fingerprint density at radius 3 is 2.44 bits per heavy atom. The van der Waals surface area contributed by atoms with Crippen LogP contribution in [-0.2, 0) is 9.53 Å². The second-order valence-electron chi connectivity index (χ2n) is 8.11. The molecule has 1 fully saturated rings. The summed E-state index contributed by atoms with van der Waals surface area (Å²) in [7, 11) is 1.33. The predicted octanol–water partition coefficient (Wildman–Crippen LogP) is 4.40. The number of carbonyl (C=O) groups is 2. The molecule has 2 aromatic rings. The number of rotatable bonds is 6. The van der Waals surface area contributed by atoms with Gasteiger partial charge < -0.3 is 20.1 Å². The number of alkyl halides is 5. The zero-order valence-electron chi connectivity index (χ0n) is 18.9. The maximum atomic E-state index is 14.4. The summed E-state index contributed by atoms with van der Waals surface area (Å²) in [5.74, 6) is -9.89. The minimum absolute atomic E-state index is 0.0430. The SMILES string of the molecule is CNC(=O)c1cc(NC(=O)[C@@H]2O[C@@](C)(C(F)(F)F)[C@H](C)[C@H]2c2ccc(F)c(F)c2OC(F)F)ccn1. The van der Waals surface area contributed by atoms with Crippen LogP contribution in [-0.4, -0.2) is 48.3 Å². The van der Waals surface area contributed by atoms with E-state index in [4.69, 9.17) is 4.74 Å². The lowest BCUT2D eigenvalue weighted by molar-refractivity contribution is -0.272. The summed E-state index contributed by atoms with van der Waals surface area (Å²) >= 11 is 0. The number of nitrogens with one attached hydrogen (secondary N) is 2. The third kappa shape index (κ3) is 4.94. The summed E-state index contributed by atoms with van der Waals surface area (Å²) in [6.07, 6.45) is -5.89. The molecular formula is C22H20F7N3O4. The van der Waals surface area contributed by atoms with Crippen molar-refractivity contribution in [1.29, 1.82) is 0 Å². The number of anilines is 1. The fourth-order valence-corrected chi connectivity index (χ4v) is 4.02. The monoisotopic (exact) mass is 523 g/mol. The molecule has 0 unspecified atom stereocenters. The van der Waals surface area contributed by atoms with E-state index in [9.17, 15) is 40.3 Å². The Morgan fingerprint density at radius 2 is 1.86 bits per heavy atom. The van der Waals surface area contributed by atoms with E-state index in [2.05, 4.69) is 20.4 Å². The van der Waals surface area contributed by atoms with Crippen LogP contribution in [0, 0.1) is 17.6 Å². The van der Waals surface area contributed by atoms with Crippen LogP contribution in [0.4, 0.5) is 36.4 Å². The largest absolute Gasteiger partial charge is 0.431 e. The van der Waals surface area contributed by atoms with Crippen molar-refractivity contribution in [3.8, 4) is 5.75 Å². The van der Waals surface area contributed by atoms with Crippen LogP contribution in [0.2, 0.25) is 0 Å². The number of hydrogen-bond acceptors (Lipinski definition) is 5. The summed E-state index contributed by atoms with van der Waals surface area (Å²) in [6.45, 7) is -1.95. The number of hydrogen-bond donors (Lipinski definition) is 2. The first-order valence-electron chi connectivity index (χ1n) is 10.4. The van der Waals surface area contributed by atoms with Crippen molar-refractivity contribution in [1.82, 2.24) is 10.3 Å². The second-order valence-corrected chi connectivity index (χ2v) is 8.11. The molecule has 0 spiro atoms. The van der Waals surface area contributed by atoms with Crippen molar-refractivity contribution in [3.63, 3.8) is 0 Å². The Morgan fingerprint density at radius 1 is 1.19 bits per heavy atom. The van der Waals surface area contributed by atoms with E-state index in [0.717, 1.165) is 25.3 Å². The van der Waals surface area contributed by atoms with Crippen molar-refractivity contribution >= 4 is 17.5 Å². The number of aromatic nitrogens is 1. The topological polar surface area (TPSA) is 89.6 Å². The van der Waals surface area contributed by atoms with E-state index < -0.39 is 71.1 Å². The molecule has 3 rings (SSSR count). The summed E-state index contributed by atoms with van der Waals surface area (Å²) in [5.41, 5.74) is -3.76. The van der Waals surface area contributed by atoms with E-state index in [-0.39, 0.29) is 11.4 Å². The number of benzene rings is 1. The molecule has 0 aliphatic carbocycles. The van der Waals surface area contributed by atoms with E-state index in [1.54, 1.807) is 0 Å². The quantitative estimate of drug-likeness (QED) is 0.548. The summed E-state index contributed by atoms with van der Waals surface area (Å²) in [5, 5.41) is 4.60. The van der Waals surface area contributed by atoms with Crippen LogP contribution in [0.1, 0.15) is 35.8 Å². The Kier molecular flexibility index (Phi) is 7.48. The lowest BCUT2D eigenvalue weighted by Crippen LogP contribution is -2.47.